The SMILES string of the molecule is CC(NCC(O)c1ccccc1)c1cccc(C#N)c1. The van der Waals surface area contributed by atoms with Crippen LogP contribution < -0.4 is 5.32 Å². The summed E-state index contributed by atoms with van der Waals surface area (Å²) in [4.78, 5) is 0. The first-order valence-electron chi connectivity index (χ1n) is 6.67. The van der Waals surface area contributed by atoms with E-state index in [0.717, 1.165) is 11.1 Å². The smallest absolute Gasteiger partial charge is 0.0991 e. The second kappa shape index (κ2) is 6.85. The summed E-state index contributed by atoms with van der Waals surface area (Å²) in [5.74, 6) is 0. The molecule has 0 fully saturated rings. The molecular formula is C17H18N2O. The van der Waals surface area contributed by atoms with Crippen molar-refractivity contribution in [3.63, 3.8) is 0 Å². The minimum atomic E-state index is -0.530. The lowest BCUT2D eigenvalue weighted by molar-refractivity contribution is 0.171. The molecule has 102 valence electrons. The van der Waals surface area contributed by atoms with E-state index >= 15 is 0 Å². The molecular weight excluding hydrogens is 248 g/mol. The van der Waals surface area contributed by atoms with Gasteiger partial charge in [0.05, 0.1) is 17.7 Å². The maximum atomic E-state index is 10.1. The van der Waals surface area contributed by atoms with Crippen LogP contribution in [0.4, 0.5) is 0 Å². The van der Waals surface area contributed by atoms with Gasteiger partial charge in [-0.1, -0.05) is 42.5 Å². The van der Waals surface area contributed by atoms with E-state index in [9.17, 15) is 5.11 Å². The lowest BCUT2D eigenvalue weighted by atomic mass is 10.0. The summed E-state index contributed by atoms with van der Waals surface area (Å²) >= 11 is 0. The number of nitriles is 1. The molecule has 2 N–H and O–H groups in total. The van der Waals surface area contributed by atoms with Crippen LogP contribution in [0.1, 0.15) is 35.8 Å². The summed E-state index contributed by atoms with van der Waals surface area (Å²) < 4.78 is 0. The number of aliphatic hydroxyl groups is 1. The van der Waals surface area contributed by atoms with Gasteiger partial charge in [-0.3, -0.25) is 0 Å². The maximum absolute atomic E-state index is 10.1. The number of hydrogen-bond acceptors (Lipinski definition) is 3. The molecule has 0 aliphatic heterocycles. The van der Waals surface area contributed by atoms with Gasteiger partial charge in [-0.25, -0.2) is 0 Å². The standard InChI is InChI=1S/C17H18N2O/c1-13(16-9-5-6-14(10-16)11-18)19-12-17(20)15-7-3-2-4-8-15/h2-10,13,17,19-20H,12H2,1H3. The molecule has 2 rings (SSSR count). The van der Waals surface area contributed by atoms with E-state index in [1.807, 2.05) is 55.5 Å². The minimum absolute atomic E-state index is 0.0849. The van der Waals surface area contributed by atoms with E-state index in [0.29, 0.717) is 12.1 Å². The van der Waals surface area contributed by atoms with Crippen LogP contribution >= 0.6 is 0 Å². The van der Waals surface area contributed by atoms with Gasteiger partial charge in [-0.15, -0.1) is 0 Å². The summed E-state index contributed by atoms with van der Waals surface area (Å²) in [6.45, 7) is 2.50. The fraction of sp³-hybridized carbons (Fsp3) is 0.235. The fourth-order valence-corrected chi connectivity index (χ4v) is 2.08. The van der Waals surface area contributed by atoms with Crippen molar-refractivity contribution in [3.05, 3.63) is 71.3 Å². The van der Waals surface area contributed by atoms with Crippen molar-refractivity contribution in [1.82, 2.24) is 5.32 Å². The lowest BCUT2D eigenvalue weighted by Crippen LogP contribution is -2.24. The average Bonchev–Trinajstić information content (AvgIpc) is 2.53. The van der Waals surface area contributed by atoms with Crippen LogP contribution in [-0.2, 0) is 0 Å². The number of nitrogens with zero attached hydrogens (tertiary/aromatic N) is 1. The Labute approximate surface area is 119 Å². The first-order valence-corrected chi connectivity index (χ1v) is 6.67. The van der Waals surface area contributed by atoms with Gasteiger partial charge in [0.15, 0.2) is 0 Å². The van der Waals surface area contributed by atoms with Crippen LogP contribution in [0.15, 0.2) is 54.6 Å². The van der Waals surface area contributed by atoms with Gasteiger partial charge in [0.1, 0.15) is 0 Å². The molecule has 0 aliphatic carbocycles. The van der Waals surface area contributed by atoms with Crippen molar-refractivity contribution in [1.29, 1.82) is 5.26 Å². The Morgan fingerprint density at radius 1 is 1.10 bits per heavy atom. The van der Waals surface area contributed by atoms with Gasteiger partial charge < -0.3 is 10.4 Å². The molecule has 2 aromatic carbocycles. The molecule has 0 heterocycles. The average molecular weight is 266 g/mol. The van der Waals surface area contributed by atoms with E-state index < -0.39 is 6.10 Å². The van der Waals surface area contributed by atoms with Gasteiger partial charge in [-0.2, -0.15) is 5.26 Å². The summed E-state index contributed by atoms with van der Waals surface area (Å²) in [5.41, 5.74) is 2.60. The Kier molecular flexibility index (Phi) is 4.89. The molecule has 2 aromatic rings. The molecule has 20 heavy (non-hydrogen) atoms. The second-order valence-corrected chi connectivity index (χ2v) is 4.79. The second-order valence-electron chi connectivity index (χ2n) is 4.79. The highest BCUT2D eigenvalue weighted by Crippen LogP contribution is 2.16. The normalized spacial score (nSPS) is 13.4. The molecule has 0 bridgehead atoms. The molecule has 2 unspecified atom stereocenters. The van der Waals surface area contributed by atoms with Crippen LogP contribution in [0.2, 0.25) is 0 Å². The van der Waals surface area contributed by atoms with Crippen molar-refractivity contribution in [2.24, 2.45) is 0 Å². The third kappa shape index (κ3) is 3.67. The van der Waals surface area contributed by atoms with Crippen molar-refractivity contribution >= 4 is 0 Å². The quantitative estimate of drug-likeness (QED) is 0.874. The number of rotatable bonds is 5. The van der Waals surface area contributed by atoms with Crippen LogP contribution in [0.5, 0.6) is 0 Å². The van der Waals surface area contributed by atoms with E-state index in [-0.39, 0.29) is 6.04 Å². The topological polar surface area (TPSA) is 56.0 Å². The summed E-state index contributed by atoms with van der Waals surface area (Å²) in [7, 11) is 0. The Hall–Kier alpha value is -2.15. The Bertz CT molecular complexity index is 589. The first kappa shape index (κ1) is 14.3. The number of aliphatic hydroxyl groups excluding tert-OH is 1. The van der Waals surface area contributed by atoms with E-state index in [1.54, 1.807) is 6.07 Å². The molecule has 2 atom stereocenters. The fourth-order valence-electron chi connectivity index (χ4n) is 2.08. The van der Waals surface area contributed by atoms with Gasteiger partial charge in [0, 0.05) is 12.6 Å². The van der Waals surface area contributed by atoms with Gasteiger partial charge >= 0.3 is 0 Å². The molecule has 0 aliphatic rings. The third-order valence-corrected chi connectivity index (χ3v) is 3.32. The summed E-state index contributed by atoms with van der Waals surface area (Å²) in [6.07, 6.45) is -0.530. The monoisotopic (exact) mass is 266 g/mol. The largest absolute Gasteiger partial charge is 0.387 e. The predicted molar refractivity (Wildman–Crippen MR) is 79.0 cm³/mol. The zero-order valence-corrected chi connectivity index (χ0v) is 11.5. The molecule has 0 saturated carbocycles. The molecule has 3 nitrogen and oxygen atoms in total. The van der Waals surface area contributed by atoms with Crippen LogP contribution in [0, 0.1) is 11.3 Å². The summed E-state index contributed by atoms with van der Waals surface area (Å²) in [5, 5.41) is 22.3. The van der Waals surface area contributed by atoms with E-state index in [4.69, 9.17) is 5.26 Å². The first-order chi connectivity index (χ1) is 9.70. The molecule has 0 saturated heterocycles. The van der Waals surface area contributed by atoms with Crippen molar-refractivity contribution in [2.75, 3.05) is 6.54 Å². The molecule has 0 aromatic heterocycles. The lowest BCUT2D eigenvalue weighted by Gasteiger charge is -2.18. The highest BCUT2D eigenvalue weighted by molar-refractivity contribution is 5.34. The van der Waals surface area contributed by atoms with E-state index in [2.05, 4.69) is 11.4 Å². The third-order valence-electron chi connectivity index (χ3n) is 3.32. The zero-order valence-electron chi connectivity index (χ0n) is 11.5. The number of benzene rings is 2. The van der Waals surface area contributed by atoms with Crippen molar-refractivity contribution in [2.45, 2.75) is 19.1 Å². The number of nitrogens with one attached hydrogen (secondary N) is 1. The van der Waals surface area contributed by atoms with Crippen molar-refractivity contribution in [3.8, 4) is 6.07 Å². The van der Waals surface area contributed by atoms with Crippen molar-refractivity contribution < 1.29 is 5.11 Å². The predicted octanol–water partition coefficient (Wildman–Crippen LogP) is 2.94. The van der Waals surface area contributed by atoms with E-state index in [1.165, 1.54) is 0 Å². The minimum Gasteiger partial charge on any atom is -0.387 e. The van der Waals surface area contributed by atoms with Crippen LogP contribution in [-0.4, -0.2) is 11.7 Å². The van der Waals surface area contributed by atoms with Gasteiger partial charge in [-0.05, 0) is 30.2 Å². The molecule has 0 spiro atoms. The number of hydrogen-bond donors (Lipinski definition) is 2. The van der Waals surface area contributed by atoms with Gasteiger partial charge in [0.2, 0.25) is 0 Å². The summed E-state index contributed by atoms with van der Waals surface area (Å²) in [6, 6.07) is 19.3. The Morgan fingerprint density at radius 2 is 1.80 bits per heavy atom. The molecule has 0 amide bonds. The highest BCUT2D eigenvalue weighted by atomic mass is 16.3. The zero-order chi connectivity index (χ0) is 14.4. The van der Waals surface area contributed by atoms with Crippen LogP contribution in [0.25, 0.3) is 0 Å². The van der Waals surface area contributed by atoms with Crippen LogP contribution in [0.3, 0.4) is 0 Å². The van der Waals surface area contributed by atoms with Gasteiger partial charge in [0.25, 0.3) is 0 Å². The molecule has 3 heteroatoms. The molecule has 0 radical (unpaired) electrons. The Balaban J connectivity index is 1.95. The maximum Gasteiger partial charge on any atom is 0.0991 e. The highest BCUT2D eigenvalue weighted by Gasteiger charge is 2.10. The Morgan fingerprint density at radius 3 is 2.50 bits per heavy atom.